The lowest BCUT2D eigenvalue weighted by molar-refractivity contribution is 0.459. The number of nitrogens with zero attached hydrogens (tertiary/aromatic N) is 4. The third-order valence-electron chi connectivity index (χ3n) is 3.91. The topological polar surface area (TPSA) is 69.9 Å². The van der Waals surface area contributed by atoms with E-state index >= 15 is 0 Å². The van der Waals surface area contributed by atoms with Crippen molar-refractivity contribution in [3.05, 3.63) is 74.0 Å². The van der Waals surface area contributed by atoms with E-state index in [0.29, 0.717) is 31.5 Å². The van der Waals surface area contributed by atoms with Crippen LogP contribution in [0.3, 0.4) is 0 Å². The summed E-state index contributed by atoms with van der Waals surface area (Å²) >= 11 is 7.89. The molecule has 0 fully saturated rings. The number of rotatable bonds is 4. The molecule has 6 nitrogen and oxygen atoms in total. The minimum atomic E-state index is -0.337. The Hall–Kier alpha value is -2.23. The van der Waals surface area contributed by atoms with Crippen molar-refractivity contribution < 1.29 is 4.74 Å². The van der Waals surface area contributed by atoms with Crippen molar-refractivity contribution in [3.63, 3.8) is 0 Å². The summed E-state index contributed by atoms with van der Waals surface area (Å²) < 4.78 is 8.20. The van der Waals surface area contributed by atoms with Crippen LogP contribution in [0.15, 0.2) is 73.6 Å². The van der Waals surface area contributed by atoms with E-state index in [4.69, 9.17) is 4.74 Å². The minimum absolute atomic E-state index is 0.327. The second kappa shape index (κ2) is 8.02. The lowest BCUT2D eigenvalue weighted by atomic mass is 10.1. The zero-order chi connectivity index (χ0) is 19.7. The summed E-state index contributed by atoms with van der Waals surface area (Å²) in [7, 11) is 0. The monoisotopic (exact) mass is 518 g/mol. The number of ether oxygens (including phenoxy) is 1. The lowest BCUT2D eigenvalue weighted by Gasteiger charge is -2.11. The molecule has 0 aliphatic rings. The third-order valence-corrected chi connectivity index (χ3v) is 6.36. The first-order valence-electron chi connectivity index (χ1n) is 8.09. The van der Waals surface area contributed by atoms with Crippen LogP contribution in [0.1, 0.15) is 0 Å². The quantitative estimate of drug-likeness (QED) is 0.272. The Balaban J connectivity index is 1.82. The average molecular weight is 520 g/mol. The molecule has 0 N–H and O–H groups in total. The zero-order valence-electron chi connectivity index (χ0n) is 14.5. The SMILES string of the molecule is CSc1nc(Oc2cccc3ccccc23)cc(-n2ncc(Br)c(Br)c2=O)n1. The summed E-state index contributed by atoms with van der Waals surface area (Å²) in [5.74, 6) is 1.33. The van der Waals surface area contributed by atoms with Gasteiger partial charge in [0.15, 0.2) is 11.0 Å². The molecule has 2 aromatic heterocycles. The second-order valence-electron chi connectivity index (χ2n) is 5.65. The predicted octanol–water partition coefficient (Wildman–Crippen LogP) is 5.21. The maximum Gasteiger partial charge on any atom is 0.288 e. The van der Waals surface area contributed by atoms with Crippen molar-refractivity contribution in [1.29, 1.82) is 0 Å². The Kier molecular flexibility index (Phi) is 5.47. The van der Waals surface area contributed by atoms with Gasteiger partial charge in [0.05, 0.1) is 10.7 Å². The van der Waals surface area contributed by atoms with Gasteiger partial charge in [0, 0.05) is 11.5 Å². The Morgan fingerprint density at radius 3 is 2.68 bits per heavy atom. The molecule has 0 unspecified atom stereocenters. The molecule has 28 heavy (non-hydrogen) atoms. The van der Waals surface area contributed by atoms with Crippen LogP contribution in [-0.4, -0.2) is 26.0 Å². The summed E-state index contributed by atoms with van der Waals surface area (Å²) in [6.45, 7) is 0. The van der Waals surface area contributed by atoms with Crippen LogP contribution in [-0.2, 0) is 0 Å². The van der Waals surface area contributed by atoms with Crippen molar-refractivity contribution in [1.82, 2.24) is 19.7 Å². The summed E-state index contributed by atoms with van der Waals surface area (Å²) in [4.78, 5) is 21.4. The first-order chi connectivity index (χ1) is 13.6. The van der Waals surface area contributed by atoms with E-state index < -0.39 is 0 Å². The largest absolute Gasteiger partial charge is 0.438 e. The number of fused-ring (bicyclic) bond motifs is 1. The molecule has 0 aliphatic carbocycles. The van der Waals surface area contributed by atoms with Gasteiger partial charge >= 0.3 is 0 Å². The van der Waals surface area contributed by atoms with E-state index in [9.17, 15) is 4.79 Å². The van der Waals surface area contributed by atoms with E-state index in [1.165, 1.54) is 22.6 Å². The molecule has 0 spiro atoms. The minimum Gasteiger partial charge on any atom is -0.438 e. The van der Waals surface area contributed by atoms with Gasteiger partial charge < -0.3 is 4.74 Å². The van der Waals surface area contributed by atoms with E-state index in [1.54, 1.807) is 6.07 Å². The van der Waals surface area contributed by atoms with Crippen molar-refractivity contribution in [3.8, 4) is 17.4 Å². The van der Waals surface area contributed by atoms with Crippen LogP contribution in [0.4, 0.5) is 0 Å². The summed E-state index contributed by atoms with van der Waals surface area (Å²) in [6, 6.07) is 15.3. The van der Waals surface area contributed by atoms with Crippen LogP contribution in [0.25, 0.3) is 16.6 Å². The van der Waals surface area contributed by atoms with Crippen molar-refractivity contribution in [2.75, 3.05) is 6.26 Å². The normalized spacial score (nSPS) is 11.0. The third kappa shape index (κ3) is 3.69. The van der Waals surface area contributed by atoms with Gasteiger partial charge in [0.2, 0.25) is 5.88 Å². The maximum atomic E-state index is 12.5. The Bertz CT molecular complexity index is 1240. The standard InChI is InChI=1S/C19H12Br2N4O2S/c1-28-19-23-15(25-18(26)17(21)13(20)10-22-25)9-16(24-19)27-14-8-4-6-11-5-2-3-7-12(11)14/h2-10H,1H3. The summed E-state index contributed by atoms with van der Waals surface area (Å²) in [5, 5.41) is 6.66. The van der Waals surface area contributed by atoms with Gasteiger partial charge in [-0.2, -0.15) is 14.8 Å². The van der Waals surface area contributed by atoms with Gasteiger partial charge in [-0.3, -0.25) is 4.79 Å². The molecule has 2 heterocycles. The number of benzene rings is 2. The zero-order valence-corrected chi connectivity index (χ0v) is 18.5. The first kappa shape index (κ1) is 19.1. The molecular formula is C19H12Br2N4O2S. The maximum absolute atomic E-state index is 12.5. The molecule has 2 aromatic carbocycles. The van der Waals surface area contributed by atoms with Crippen LogP contribution < -0.4 is 10.3 Å². The smallest absolute Gasteiger partial charge is 0.288 e. The molecule has 0 saturated carbocycles. The fourth-order valence-corrected chi connectivity index (χ4v) is 3.52. The van der Waals surface area contributed by atoms with E-state index in [-0.39, 0.29) is 5.56 Å². The molecular weight excluding hydrogens is 508 g/mol. The van der Waals surface area contributed by atoms with Crippen molar-refractivity contribution >= 4 is 54.4 Å². The Labute approximate surface area is 181 Å². The number of hydrogen-bond acceptors (Lipinski definition) is 6. The van der Waals surface area contributed by atoms with Gasteiger partial charge in [0.25, 0.3) is 5.56 Å². The fourth-order valence-electron chi connectivity index (χ4n) is 2.62. The van der Waals surface area contributed by atoms with Gasteiger partial charge in [-0.15, -0.1) is 0 Å². The molecule has 0 amide bonds. The van der Waals surface area contributed by atoms with Crippen LogP contribution >= 0.6 is 43.6 Å². The van der Waals surface area contributed by atoms with E-state index in [0.717, 1.165) is 10.8 Å². The van der Waals surface area contributed by atoms with Crippen LogP contribution in [0.5, 0.6) is 11.6 Å². The molecule has 4 aromatic rings. The lowest BCUT2D eigenvalue weighted by Crippen LogP contribution is -2.23. The summed E-state index contributed by atoms with van der Waals surface area (Å²) in [5.41, 5.74) is -0.337. The van der Waals surface area contributed by atoms with E-state index in [2.05, 4.69) is 46.9 Å². The first-order valence-corrected chi connectivity index (χ1v) is 10.9. The highest BCUT2D eigenvalue weighted by Crippen LogP contribution is 2.30. The molecule has 9 heteroatoms. The van der Waals surface area contributed by atoms with Gasteiger partial charge in [0.1, 0.15) is 10.2 Å². The number of aromatic nitrogens is 4. The van der Waals surface area contributed by atoms with E-state index in [1.807, 2.05) is 48.7 Å². The van der Waals surface area contributed by atoms with Crippen LogP contribution in [0, 0.1) is 0 Å². The Morgan fingerprint density at radius 2 is 1.86 bits per heavy atom. The highest BCUT2D eigenvalue weighted by atomic mass is 79.9. The predicted molar refractivity (Wildman–Crippen MR) is 117 cm³/mol. The molecule has 0 atom stereocenters. The van der Waals surface area contributed by atoms with Gasteiger partial charge in [-0.1, -0.05) is 48.2 Å². The Morgan fingerprint density at radius 1 is 1.07 bits per heavy atom. The van der Waals surface area contributed by atoms with Crippen LogP contribution in [0.2, 0.25) is 0 Å². The summed E-state index contributed by atoms with van der Waals surface area (Å²) in [6.07, 6.45) is 3.38. The van der Waals surface area contributed by atoms with Gasteiger partial charge in [-0.05, 0) is 49.6 Å². The molecule has 4 rings (SSSR count). The highest BCUT2D eigenvalue weighted by Gasteiger charge is 2.14. The molecule has 0 radical (unpaired) electrons. The number of halogens is 2. The number of thioether (sulfide) groups is 1. The fraction of sp³-hybridized carbons (Fsp3) is 0.0526. The van der Waals surface area contributed by atoms with Crippen molar-refractivity contribution in [2.45, 2.75) is 5.16 Å². The highest BCUT2D eigenvalue weighted by molar-refractivity contribution is 9.13. The van der Waals surface area contributed by atoms with Gasteiger partial charge in [-0.25, -0.2) is 4.98 Å². The molecule has 0 saturated heterocycles. The second-order valence-corrected chi connectivity index (χ2v) is 8.07. The van der Waals surface area contributed by atoms with Crippen molar-refractivity contribution in [2.24, 2.45) is 0 Å². The molecule has 140 valence electrons. The number of hydrogen-bond donors (Lipinski definition) is 0. The molecule has 0 bridgehead atoms. The average Bonchev–Trinajstić information content (AvgIpc) is 2.72. The molecule has 0 aliphatic heterocycles.